The number of hydrazine groups is 1. The molecule has 9 heteroatoms. The Bertz CT molecular complexity index is 1010. The highest BCUT2D eigenvalue weighted by atomic mass is 19.3. The standard InChI is InChI=1S/C19H17F4N5/c20-13-6-7-14(16(21)9-13)15(10-28(25)11-26-24)19(22,23)18-8-5-12-3-1-2-4-17(12)27-18/h1-9,11,15H,10,24-25H2/b26-11-. The second kappa shape index (κ2) is 7.81. The van der Waals surface area contributed by atoms with Gasteiger partial charge in [0.15, 0.2) is 0 Å². The molecule has 0 amide bonds. The largest absolute Gasteiger partial charge is 0.322 e. The third-order valence-electron chi connectivity index (χ3n) is 4.32. The summed E-state index contributed by atoms with van der Waals surface area (Å²) in [5.41, 5.74) is -0.591. The summed E-state index contributed by atoms with van der Waals surface area (Å²) < 4.78 is 58.5. The Morgan fingerprint density at radius 2 is 1.86 bits per heavy atom. The fraction of sp³-hybridized carbons (Fsp3) is 0.158. The highest BCUT2D eigenvalue weighted by Gasteiger charge is 2.45. The number of nitrogens with zero attached hydrogens (tertiary/aromatic N) is 3. The van der Waals surface area contributed by atoms with Gasteiger partial charge in [0.05, 0.1) is 11.4 Å². The molecule has 0 bridgehead atoms. The molecule has 1 aromatic heterocycles. The molecule has 0 saturated heterocycles. The van der Waals surface area contributed by atoms with E-state index >= 15 is 8.78 Å². The van der Waals surface area contributed by atoms with Crippen LogP contribution in [0.25, 0.3) is 10.9 Å². The summed E-state index contributed by atoms with van der Waals surface area (Å²) in [5.74, 6) is 3.24. The zero-order valence-electron chi connectivity index (χ0n) is 14.6. The Labute approximate surface area is 158 Å². The monoisotopic (exact) mass is 391 g/mol. The first-order valence-corrected chi connectivity index (χ1v) is 8.26. The number of hydrazone groups is 1. The molecular weight excluding hydrogens is 374 g/mol. The summed E-state index contributed by atoms with van der Waals surface area (Å²) in [4.78, 5) is 4.03. The summed E-state index contributed by atoms with van der Waals surface area (Å²) in [7, 11) is 0. The van der Waals surface area contributed by atoms with E-state index < -0.39 is 41.3 Å². The SMILES string of the molecule is N/N=C\N(N)CC(c1ccc(F)cc1F)C(F)(F)c1ccc2ccccc2n1. The van der Waals surface area contributed by atoms with Crippen molar-refractivity contribution in [2.75, 3.05) is 6.54 Å². The Balaban J connectivity index is 2.10. The predicted molar refractivity (Wildman–Crippen MR) is 98.3 cm³/mol. The summed E-state index contributed by atoms with van der Waals surface area (Å²) >= 11 is 0. The van der Waals surface area contributed by atoms with Gasteiger partial charge >= 0.3 is 0 Å². The van der Waals surface area contributed by atoms with Gasteiger partial charge < -0.3 is 5.84 Å². The molecule has 1 heterocycles. The number of pyridine rings is 1. The number of alkyl halides is 2. The lowest BCUT2D eigenvalue weighted by atomic mass is 9.89. The second-order valence-electron chi connectivity index (χ2n) is 6.19. The Morgan fingerprint density at radius 3 is 2.57 bits per heavy atom. The number of halogens is 4. The number of fused-ring (bicyclic) bond motifs is 1. The van der Waals surface area contributed by atoms with Crippen molar-refractivity contribution in [2.45, 2.75) is 11.8 Å². The molecule has 4 N–H and O–H groups in total. The fourth-order valence-corrected chi connectivity index (χ4v) is 2.97. The van der Waals surface area contributed by atoms with Crippen molar-refractivity contribution in [1.29, 1.82) is 0 Å². The number of rotatable bonds is 6. The van der Waals surface area contributed by atoms with Crippen LogP contribution < -0.4 is 11.7 Å². The van der Waals surface area contributed by atoms with E-state index in [0.717, 1.165) is 23.5 Å². The molecule has 28 heavy (non-hydrogen) atoms. The molecule has 0 spiro atoms. The zero-order valence-corrected chi connectivity index (χ0v) is 14.6. The van der Waals surface area contributed by atoms with Gasteiger partial charge in [0.2, 0.25) is 0 Å². The van der Waals surface area contributed by atoms with Gasteiger partial charge in [-0.05, 0) is 23.8 Å². The molecule has 1 atom stereocenters. The normalized spacial score (nSPS) is 13.2. The van der Waals surface area contributed by atoms with Crippen molar-refractivity contribution in [3.63, 3.8) is 0 Å². The number of hydrogen-bond acceptors (Lipinski definition) is 4. The van der Waals surface area contributed by atoms with Crippen molar-refractivity contribution in [1.82, 2.24) is 9.99 Å². The van der Waals surface area contributed by atoms with Gasteiger partial charge in [0, 0.05) is 18.0 Å². The molecule has 0 saturated carbocycles. The van der Waals surface area contributed by atoms with E-state index in [1.165, 1.54) is 12.1 Å². The van der Waals surface area contributed by atoms with Crippen molar-refractivity contribution in [3.05, 3.63) is 77.5 Å². The van der Waals surface area contributed by atoms with E-state index in [9.17, 15) is 8.78 Å². The lowest BCUT2D eigenvalue weighted by Gasteiger charge is -2.30. The molecule has 3 aromatic rings. The van der Waals surface area contributed by atoms with Crippen molar-refractivity contribution in [3.8, 4) is 0 Å². The average molecular weight is 391 g/mol. The maximum atomic E-state index is 15.4. The quantitative estimate of drug-likeness (QED) is 0.222. The Morgan fingerprint density at radius 1 is 1.11 bits per heavy atom. The number of hydrogen-bond donors (Lipinski definition) is 2. The highest BCUT2D eigenvalue weighted by molar-refractivity contribution is 5.78. The van der Waals surface area contributed by atoms with Crippen LogP contribution in [0.2, 0.25) is 0 Å². The van der Waals surface area contributed by atoms with Crippen LogP contribution >= 0.6 is 0 Å². The van der Waals surface area contributed by atoms with Crippen LogP contribution in [0.15, 0.2) is 59.7 Å². The summed E-state index contributed by atoms with van der Waals surface area (Å²) in [5, 5.41) is 4.67. The minimum atomic E-state index is -3.62. The van der Waals surface area contributed by atoms with E-state index in [0.29, 0.717) is 17.0 Å². The third kappa shape index (κ3) is 3.89. The van der Waals surface area contributed by atoms with Crippen LogP contribution in [0.3, 0.4) is 0 Å². The smallest absolute Gasteiger partial charge is 0.298 e. The topological polar surface area (TPSA) is 80.5 Å². The minimum absolute atomic E-state index is 0.367. The van der Waals surface area contributed by atoms with Crippen LogP contribution in [-0.2, 0) is 5.92 Å². The molecular formula is C19H17F4N5. The number of aromatic nitrogens is 1. The molecule has 3 rings (SSSR count). The van der Waals surface area contributed by atoms with E-state index in [-0.39, 0.29) is 0 Å². The van der Waals surface area contributed by atoms with Crippen LogP contribution in [0.4, 0.5) is 17.6 Å². The lowest BCUT2D eigenvalue weighted by Crippen LogP contribution is -2.40. The molecule has 0 aliphatic heterocycles. The van der Waals surface area contributed by atoms with Crippen LogP contribution in [0, 0.1) is 11.6 Å². The maximum absolute atomic E-state index is 15.4. The van der Waals surface area contributed by atoms with Gasteiger partial charge in [-0.2, -0.15) is 13.9 Å². The number of benzene rings is 2. The highest BCUT2D eigenvalue weighted by Crippen LogP contribution is 2.43. The van der Waals surface area contributed by atoms with Gasteiger partial charge in [-0.3, -0.25) is 5.01 Å². The number of nitrogens with two attached hydrogens (primary N) is 2. The molecule has 0 fully saturated rings. The van der Waals surface area contributed by atoms with E-state index in [1.807, 2.05) is 0 Å². The summed E-state index contributed by atoms with van der Waals surface area (Å²) in [6.07, 6.45) is 0.929. The first kappa shape index (κ1) is 19.6. The molecule has 0 aliphatic carbocycles. The predicted octanol–water partition coefficient (Wildman–Crippen LogP) is 3.47. The Hall–Kier alpha value is -3.20. The lowest BCUT2D eigenvalue weighted by molar-refractivity contribution is -0.0440. The second-order valence-corrected chi connectivity index (χ2v) is 6.19. The molecule has 5 nitrogen and oxygen atoms in total. The molecule has 146 valence electrons. The maximum Gasteiger partial charge on any atom is 0.298 e. The van der Waals surface area contributed by atoms with E-state index in [1.54, 1.807) is 24.3 Å². The fourth-order valence-electron chi connectivity index (χ4n) is 2.97. The van der Waals surface area contributed by atoms with E-state index in [2.05, 4.69) is 10.1 Å². The van der Waals surface area contributed by atoms with Crippen LogP contribution in [0.5, 0.6) is 0 Å². The van der Waals surface area contributed by atoms with Crippen molar-refractivity contribution < 1.29 is 17.6 Å². The first-order valence-electron chi connectivity index (χ1n) is 8.26. The molecule has 1 unspecified atom stereocenters. The summed E-state index contributed by atoms with van der Waals surface area (Å²) in [6.45, 7) is -0.537. The van der Waals surface area contributed by atoms with Gasteiger partial charge in [0.1, 0.15) is 23.7 Å². The van der Waals surface area contributed by atoms with Gasteiger partial charge in [-0.15, -0.1) is 0 Å². The van der Waals surface area contributed by atoms with Gasteiger partial charge in [0.25, 0.3) is 5.92 Å². The first-order chi connectivity index (χ1) is 13.3. The molecule has 2 aromatic carbocycles. The van der Waals surface area contributed by atoms with Gasteiger partial charge in [-0.25, -0.2) is 19.6 Å². The summed E-state index contributed by atoms with van der Waals surface area (Å²) in [6, 6.07) is 11.9. The van der Waals surface area contributed by atoms with Gasteiger partial charge in [-0.1, -0.05) is 30.3 Å². The van der Waals surface area contributed by atoms with E-state index in [4.69, 9.17) is 11.7 Å². The van der Waals surface area contributed by atoms with Crippen LogP contribution in [0.1, 0.15) is 17.2 Å². The molecule has 0 radical (unpaired) electrons. The minimum Gasteiger partial charge on any atom is -0.322 e. The molecule has 0 aliphatic rings. The zero-order chi connectivity index (χ0) is 20.3. The van der Waals surface area contributed by atoms with Crippen molar-refractivity contribution in [2.24, 2.45) is 16.8 Å². The Kier molecular flexibility index (Phi) is 5.46. The third-order valence-corrected chi connectivity index (χ3v) is 4.32. The average Bonchev–Trinajstić information content (AvgIpc) is 2.66. The van der Waals surface area contributed by atoms with Crippen molar-refractivity contribution >= 4 is 17.2 Å². The number of para-hydroxylation sites is 1. The van der Waals surface area contributed by atoms with Crippen LogP contribution in [-0.4, -0.2) is 22.9 Å².